The Morgan fingerprint density at radius 3 is 1.56 bits per heavy atom. The van der Waals surface area contributed by atoms with Crippen molar-refractivity contribution in [2.24, 2.45) is 5.73 Å². The lowest BCUT2D eigenvalue weighted by atomic mass is 10.0. The van der Waals surface area contributed by atoms with Gasteiger partial charge < -0.3 is 53.1 Å². The predicted molar refractivity (Wildman–Crippen MR) is 104 cm³/mol. The Morgan fingerprint density at radius 1 is 0.719 bits per heavy atom. The molecule has 4 bridgehead atoms. The van der Waals surface area contributed by atoms with Crippen molar-refractivity contribution >= 4 is 0 Å². The maximum absolute atomic E-state index is 6.35. The van der Waals surface area contributed by atoms with Gasteiger partial charge in [-0.15, -0.1) is 0 Å². The first-order valence-corrected chi connectivity index (χ1v) is 11.4. The van der Waals surface area contributed by atoms with E-state index in [-0.39, 0.29) is 68.1 Å². The minimum atomic E-state index is -0.713. The Hall–Kier alpha value is -0.440. The van der Waals surface area contributed by atoms with Crippen LogP contribution in [0.5, 0.6) is 0 Å². The zero-order valence-corrected chi connectivity index (χ0v) is 18.8. The largest absolute Gasteiger partial charge is 0.371 e. The fourth-order valence-corrected chi connectivity index (χ4v) is 5.48. The summed E-state index contributed by atoms with van der Waals surface area (Å²) in [5.74, 6) is -1.43. The first-order chi connectivity index (χ1) is 15.2. The Morgan fingerprint density at radius 2 is 1.12 bits per heavy atom. The SMILES string of the molecule is CC1(C)O[C@H]2[C@H](O1)[C@@H]1OC[C@H](O1)[C@@H]2OCC(N)CO[C@H]1[C@@H]2OC(C)(C)O[C@H]2[C@H]2OC[C@@H]1O2. The number of hydrogen-bond acceptors (Lipinski definition) is 11. The van der Waals surface area contributed by atoms with Gasteiger partial charge in [-0.3, -0.25) is 0 Å². The second kappa shape index (κ2) is 7.79. The summed E-state index contributed by atoms with van der Waals surface area (Å²) in [6.45, 7) is 8.95. The number of ether oxygens (including phenoxy) is 10. The second-order valence-corrected chi connectivity index (χ2v) is 10.2. The lowest BCUT2D eigenvalue weighted by molar-refractivity contribution is -0.213. The van der Waals surface area contributed by atoms with Crippen molar-refractivity contribution < 1.29 is 47.4 Å². The number of rotatable bonds is 6. The normalized spacial score (nSPS) is 50.9. The van der Waals surface area contributed by atoms with Gasteiger partial charge in [0.1, 0.15) is 48.8 Å². The molecule has 1 unspecified atom stereocenters. The molecule has 182 valence electrons. The molecular weight excluding hydrogens is 426 g/mol. The summed E-state index contributed by atoms with van der Waals surface area (Å²) in [6.07, 6.45) is -3.10. The van der Waals surface area contributed by atoms with Crippen LogP contribution >= 0.6 is 0 Å². The highest BCUT2D eigenvalue weighted by atomic mass is 16.8. The van der Waals surface area contributed by atoms with Crippen LogP contribution in [0, 0.1) is 0 Å². The molecule has 6 heterocycles. The van der Waals surface area contributed by atoms with E-state index < -0.39 is 24.2 Å². The molecule has 11 heteroatoms. The first-order valence-electron chi connectivity index (χ1n) is 11.4. The van der Waals surface area contributed by atoms with Gasteiger partial charge in [-0.2, -0.15) is 0 Å². The summed E-state index contributed by atoms with van der Waals surface area (Å²) in [4.78, 5) is 0. The molecular formula is C21H33NO10. The van der Waals surface area contributed by atoms with Gasteiger partial charge in [-0.05, 0) is 27.7 Å². The molecule has 0 amide bonds. The average molecular weight is 459 g/mol. The summed E-state index contributed by atoms with van der Waals surface area (Å²) in [5.41, 5.74) is 6.35. The van der Waals surface area contributed by atoms with Crippen molar-refractivity contribution in [1.82, 2.24) is 0 Å². The third-order valence-corrected chi connectivity index (χ3v) is 6.72. The Kier molecular flexibility index (Phi) is 5.37. The minimum absolute atomic E-state index is 0.210. The molecule has 11 atom stereocenters. The third kappa shape index (κ3) is 3.81. The van der Waals surface area contributed by atoms with Gasteiger partial charge in [-0.25, -0.2) is 0 Å². The highest BCUT2D eigenvalue weighted by Crippen LogP contribution is 2.43. The van der Waals surface area contributed by atoms with E-state index in [0.29, 0.717) is 13.2 Å². The van der Waals surface area contributed by atoms with E-state index in [4.69, 9.17) is 53.1 Å². The highest BCUT2D eigenvalue weighted by Gasteiger charge is 2.60. The van der Waals surface area contributed by atoms with Crippen molar-refractivity contribution in [2.75, 3.05) is 26.4 Å². The molecule has 0 radical (unpaired) electrons. The van der Waals surface area contributed by atoms with Crippen LogP contribution in [0.1, 0.15) is 27.7 Å². The number of hydrogen-bond donors (Lipinski definition) is 1. The highest BCUT2D eigenvalue weighted by molar-refractivity contribution is 5.01. The molecule has 0 aromatic carbocycles. The molecule has 32 heavy (non-hydrogen) atoms. The summed E-state index contributed by atoms with van der Waals surface area (Å²) in [7, 11) is 0. The van der Waals surface area contributed by atoms with E-state index >= 15 is 0 Å². The van der Waals surface area contributed by atoms with Gasteiger partial charge in [0.2, 0.25) is 0 Å². The molecule has 6 saturated heterocycles. The number of nitrogens with two attached hydrogens (primary N) is 1. The van der Waals surface area contributed by atoms with E-state index in [9.17, 15) is 0 Å². The van der Waals surface area contributed by atoms with Gasteiger partial charge in [0.05, 0.1) is 32.5 Å². The van der Waals surface area contributed by atoms with E-state index in [1.807, 2.05) is 27.7 Å². The van der Waals surface area contributed by atoms with Crippen LogP contribution in [0.15, 0.2) is 0 Å². The zero-order valence-electron chi connectivity index (χ0n) is 18.8. The van der Waals surface area contributed by atoms with Crippen LogP contribution < -0.4 is 5.73 Å². The van der Waals surface area contributed by atoms with Crippen molar-refractivity contribution in [3.8, 4) is 0 Å². The summed E-state index contributed by atoms with van der Waals surface area (Å²) in [5, 5.41) is 0. The second-order valence-electron chi connectivity index (χ2n) is 10.2. The van der Waals surface area contributed by atoms with Crippen LogP contribution in [0.3, 0.4) is 0 Å². The van der Waals surface area contributed by atoms with Crippen molar-refractivity contribution in [3.05, 3.63) is 0 Å². The molecule has 6 fully saturated rings. The van der Waals surface area contributed by atoms with E-state index in [1.165, 1.54) is 0 Å². The topological polar surface area (TPSA) is 118 Å². The molecule has 6 aliphatic rings. The molecule has 2 N–H and O–H groups in total. The van der Waals surface area contributed by atoms with Crippen LogP contribution in [-0.4, -0.2) is 105 Å². The van der Waals surface area contributed by atoms with Crippen molar-refractivity contribution in [2.45, 2.75) is 107 Å². The van der Waals surface area contributed by atoms with Crippen molar-refractivity contribution in [3.63, 3.8) is 0 Å². The molecule has 6 rings (SSSR count). The fourth-order valence-electron chi connectivity index (χ4n) is 5.48. The smallest absolute Gasteiger partial charge is 0.187 e. The zero-order chi connectivity index (χ0) is 22.3. The van der Waals surface area contributed by atoms with Gasteiger partial charge in [-0.1, -0.05) is 0 Å². The maximum atomic E-state index is 6.35. The Labute approximate surface area is 186 Å². The summed E-state index contributed by atoms with van der Waals surface area (Å²) < 4.78 is 59.8. The fraction of sp³-hybridized carbons (Fsp3) is 1.00. The van der Waals surface area contributed by atoms with E-state index in [0.717, 1.165) is 0 Å². The molecule has 0 saturated carbocycles. The van der Waals surface area contributed by atoms with Gasteiger partial charge in [0.25, 0.3) is 0 Å². The molecule has 0 aromatic heterocycles. The molecule has 0 aliphatic carbocycles. The molecule has 11 nitrogen and oxygen atoms in total. The molecule has 0 aromatic rings. The third-order valence-electron chi connectivity index (χ3n) is 6.72. The Bertz CT molecular complexity index is 663. The van der Waals surface area contributed by atoms with Crippen LogP contribution in [0.2, 0.25) is 0 Å². The standard InChI is InChI=1S/C21H33NO10/c1-20(2)29-14-12(10-7-25-18(27-10)16(14)31-20)23-5-9(22)6-24-13-11-8-26-19(28-11)17-15(13)30-21(3,4)32-17/h9-19H,5-8,22H2,1-4H3/t9?,10-,11-,12-,13+,14+,15-,16-,17+,18+,19-/m0/s1. The van der Waals surface area contributed by atoms with Gasteiger partial charge >= 0.3 is 0 Å². The maximum Gasteiger partial charge on any atom is 0.187 e. The lowest BCUT2D eigenvalue weighted by Crippen LogP contribution is -2.55. The van der Waals surface area contributed by atoms with E-state index in [1.54, 1.807) is 0 Å². The lowest BCUT2D eigenvalue weighted by Gasteiger charge is -2.36. The summed E-state index contributed by atoms with van der Waals surface area (Å²) in [6, 6.07) is -0.363. The predicted octanol–water partition coefficient (Wildman–Crippen LogP) is -0.365. The summed E-state index contributed by atoms with van der Waals surface area (Å²) >= 11 is 0. The van der Waals surface area contributed by atoms with E-state index in [2.05, 4.69) is 0 Å². The van der Waals surface area contributed by atoms with Gasteiger partial charge in [0, 0.05) is 0 Å². The first kappa shape index (κ1) is 22.1. The molecule has 6 aliphatic heterocycles. The average Bonchev–Trinajstić information content (AvgIpc) is 3.46. The quantitative estimate of drug-likeness (QED) is 0.561. The van der Waals surface area contributed by atoms with Crippen LogP contribution in [-0.2, 0) is 47.4 Å². The van der Waals surface area contributed by atoms with Crippen LogP contribution in [0.4, 0.5) is 0 Å². The van der Waals surface area contributed by atoms with Crippen LogP contribution in [0.25, 0.3) is 0 Å². The van der Waals surface area contributed by atoms with Gasteiger partial charge in [0.15, 0.2) is 24.2 Å². The molecule has 0 spiro atoms. The van der Waals surface area contributed by atoms with Crippen molar-refractivity contribution in [1.29, 1.82) is 0 Å². The Balaban J connectivity index is 1.05. The number of fused-ring (bicyclic) bond motifs is 8. The monoisotopic (exact) mass is 459 g/mol. The minimum Gasteiger partial charge on any atom is -0.371 e.